The summed E-state index contributed by atoms with van der Waals surface area (Å²) in [4.78, 5) is 10.6. The Morgan fingerprint density at radius 3 is 2.45 bits per heavy atom. The van der Waals surface area contributed by atoms with Crippen LogP contribution in [-0.4, -0.2) is 12.0 Å². The third-order valence-corrected chi connectivity index (χ3v) is 3.23. The first-order valence-corrected chi connectivity index (χ1v) is 6.27. The van der Waals surface area contributed by atoms with E-state index in [1.165, 1.54) is 18.2 Å². The number of rotatable bonds is 5. The maximum Gasteiger partial charge on any atom is 0.272 e. The maximum atomic E-state index is 12.9. The van der Waals surface area contributed by atoms with Crippen LogP contribution in [0.25, 0.3) is 0 Å². The summed E-state index contributed by atoms with van der Waals surface area (Å²) in [6, 6.07) is 12.7. The van der Waals surface area contributed by atoms with Gasteiger partial charge in [0.25, 0.3) is 5.69 Å². The molecule has 0 aliphatic rings. The Kier molecular flexibility index (Phi) is 4.42. The van der Waals surface area contributed by atoms with Crippen LogP contribution in [0.15, 0.2) is 48.5 Å². The van der Waals surface area contributed by atoms with E-state index in [9.17, 15) is 14.5 Å². The van der Waals surface area contributed by atoms with E-state index < -0.39 is 0 Å². The molecule has 0 radical (unpaired) electrons. The van der Waals surface area contributed by atoms with Crippen molar-refractivity contribution in [3.8, 4) is 0 Å². The molecule has 1 atom stereocenters. The number of hydrogen-bond acceptors (Lipinski definition) is 3. The molecular formula is C15H15FN2O2. The molecule has 5 heteroatoms. The van der Waals surface area contributed by atoms with Gasteiger partial charge in [-0.25, -0.2) is 4.39 Å². The lowest BCUT2D eigenvalue weighted by atomic mass is 9.98. The molecule has 0 fully saturated rings. The van der Waals surface area contributed by atoms with Crippen molar-refractivity contribution in [3.63, 3.8) is 0 Å². The molecule has 0 saturated carbocycles. The standard InChI is InChI=1S/C15H15FN2O2/c1-17-14(11-6-8-13(16)9-7-11)10-12-4-2-3-5-15(12)18(19)20/h2-9,14,17H,10H2,1H3. The quantitative estimate of drug-likeness (QED) is 0.672. The van der Waals surface area contributed by atoms with Crippen molar-refractivity contribution in [3.05, 3.63) is 75.6 Å². The minimum Gasteiger partial charge on any atom is -0.313 e. The molecule has 0 bridgehead atoms. The fraction of sp³-hybridized carbons (Fsp3) is 0.200. The Bertz CT molecular complexity index is 599. The molecule has 0 aliphatic carbocycles. The Hall–Kier alpha value is -2.27. The van der Waals surface area contributed by atoms with Crippen LogP contribution < -0.4 is 5.32 Å². The first-order valence-electron chi connectivity index (χ1n) is 6.27. The van der Waals surface area contributed by atoms with E-state index in [-0.39, 0.29) is 22.5 Å². The minimum atomic E-state index is -0.382. The van der Waals surface area contributed by atoms with Gasteiger partial charge in [-0.05, 0) is 31.2 Å². The predicted octanol–water partition coefficient (Wildman–Crippen LogP) is 3.24. The summed E-state index contributed by atoms with van der Waals surface area (Å²) in [5.74, 6) is -0.297. The SMILES string of the molecule is CNC(Cc1ccccc1[N+](=O)[O-])c1ccc(F)cc1. The Balaban J connectivity index is 2.27. The third-order valence-electron chi connectivity index (χ3n) is 3.23. The van der Waals surface area contributed by atoms with Crippen LogP contribution in [-0.2, 0) is 6.42 Å². The van der Waals surface area contributed by atoms with Gasteiger partial charge in [-0.3, -0.25) is 10.1 Å². The number of likely N-dealkylation sites (N-methyl/N-ethyl adjacent to an activating group) is 1. The van der Waals surface area contributed by atoms with Crippen LogP contribution in [0.2, 0.25) is 0 Å². The second-order valence-electron chi connectivity index (χ2n) is 4.48. The fourth-order valence-corrected chi connectivity index (χ4v) is 2.16. The zero-order valence-electron chi connectivity index (χ0n) is 11.0. The summed E-state index contributed by atoms with van der Waals surface area (Å²) in [5, 5.41) is 14.1. The van der Waals surface area contributed by atoms with Crippen molar-refractivity contribution >= 4 is 5.69 Å². The van der Waals surface area contributed by atoms with Crippen molar-refractivity contribution in [1.29, 1.82) is 0 Å². The smallest absolute Gasteiger partial charge is 0.272 e. The monoisotopic (exact) mass is 274 g/mol. The van der Waals surface area contributed by atoms with Gasteiger partial charge in [0.2, 0.25) is 0 Å². The number of nitro groups is 1. The fourth-order valence-electron chi connectivity index (χ4n) is 2.16. The lowest BCUT2D eigenvalue weighted by molar-refractivity contribution is -0.385. The molecule has 0 aliphatic heterocycles. The average molecular weight is 274 g/mol. The highest BCUT2D eigenvalue weighted by atomic mass is 19.1. The normalized spacial score (nSPS) is 12.1. The highest BCUT2D eigenvalue weighted by Crippen LogP contribution is 2.24. The van der Waals surface area contributed by atoms with Crippen LogP contribution in [0.3, 0.4) is 0 Å². The minimum absolute atomic E-state index is 0.100. The van der Waals surface area contributed by atoms with E-state index >= 15 is 0 Å². The molecule has 0 heterocycles. The average Bonchev–Trinajstić information content (AvgIpc) is 2.46. The summed E-state index contributed by atoms with van der Waals surface area (Å²) < 4.78 is 12.9. The molecule has 20 heavy (non-hydrogen) atoms. The summed E-state index contributed by atoms with van der Waals surface area (Å²) in [6.45, 7) is 0. The van der Waals surface area contributed by atoms with Gasteiger partial charge in [0, 0.05) is 17.7 Å². The molecular weight excluding hydrogens is 259 g/mol. The van der Waals surface area contributed by atoms with Crippen molar-refractivity contribution in [1.82, 2.24) is 5.32 Å². The summed E-state index contributed by atoms with van der Waals surface area (Å²) in [6.07, 6.45) is 0.472. The van der Waals surface area contributed by atoms with Gasteiger partial charge in [-0.1, -0.05) is 30.3 Å². The molecule has 0 saturated heterocycles. The van der Waals surface area contributed by atoms with E-state index in [0.29, 0.717) is 12.0 Å². The number of halogens is 1. The second-order valence-corrected chi connectivity index (χ2v) is 4.48. The van der Waals surface area contributed by atoms with E-state index in [0.717, 1.165) is 5.56 Å². The first-order chi connectivity index (χ1) is 9.61. The van der Waals surface area contributed by atoms with E-state index in [1.54, 1.807) is 37.4 Å². The zero-order chi connectivity index (χ0) is 14.5. The Morgan fingerprint density at radius 1 is 1.20 bits per heavy atom. The van der Waals surface area contributed by atoms with Gasteiger partial charge in [0.05, 0.1) is 4.92 Å². The van der Waals surface area contributed by atoms with Crippen molar-refractivity contribution in [2.75, 3.05) is 7.05 Å². The van der Waals surface area contributed by atoms with Crippen molar-refractivity contribution < 1.29 is 9.31 Å². The Labute approximate surface area is 116 Å². The highest BCUT2D eigenvalue weighted by molar-refractivity contribution is 5.41. The number of nitrogens with zero attached hydrogens (tertiary/aromatic N) is 1. The van der Waals surface area contributed by atoms with Crippen LogP contribution >= 0.6 is 0 Å². The number of nitrogens with one attached hydrogen (secondary N) is 1. The first kappa shape index (κ1) is 14.1. The topological polar surface area (TPSA) is 55.2 Å². The van der Waals surface area contributed by atoms with E-state index in [1.807, 2.05) is 0 Å². The summed E-state index contributed by atoms with van der Waals surface area (Å²) in [7, 11) is 1.78. The molecule has 2 rings (SSSR count). The summed E-state index contributed by atoms with van der Waals surface area (Å²) >= 11 is 0. The van der Waals surface area contributed by atoms with Crippen molar-refractivity contribution in [2.45, 2.75) is 12.5 Å². The van der Waals surface area contributed by atoms with E-state index in [4.69, 9.17) is 0 Å². The van der Waals surface area contributed by atoms with Crippen LogP contribution in [0.1, 0.15) is 17.2 Å². The highest BCUT2D eigenvalue weighted by Gasteiger charge is 2.17. The molecule has 1 unspecified atom stereocenters. The number of nitro benzene ring substituents is 1. The lowest BCUT2D eigenvalue weighted by Crippen LogP contribution is -2.19. The van der Waals surface area contributed by atoms with Crippen LogP contribution in [0.5, 0.6) is 0 Å². The summed E-state index contributed by atoms with van der Waals surface area (Å²) in [5.41, 5.74) is 1.66. The molecule has 1 N–H and O–H groups in total. The molecule has 2 aromatic rings. The van der Waals surface area contributed by atoms with Gasteiger partial charge in [-0.2, -0.15) is 0 Å². The third kappa shape index (κ3) is 3.19. The molecule has 0 amide bonds. The van der Waals surface area contributed by atoms with Crippen LogP contribution in [0, 0.1) is 15.9 Å². The molecule has 104 valence electrons. The molecule has 0 aromatic heterocycles. The van der Waals surface area contributed by atoms with Gasteiger partial charge < -0.3 is 5.32 Å². The molecule has 4 nitrogen and oxygen atoms in total. The largest absolute Gasteiger partial charge is 0.313 e. The molecule has 0 spiro atoms. The number of hydrogen-bond donors (Lipinski definition) is 1. The van der Waals surface area contributed by atoms with Gasteiger partial charge >= 0.3 is 0 Å². The predicted molar refractivity (Wildman–Crippen MR) is 75.0 cm³/mol. The zero-order valence-corrected chi connectivity index (χ0v) is 11.0. The molecule has 2 aromatic carbocycles. The van der Waals surface area contributed by atoms with Gasteiger partial charge in [-0.15, -0.1) is 0 Å². The lowest BCUT2D eigenvalue weighted by Gasteiger charge is -2.16. The maximum absolute atomic E-state index is 12.9. The second kappa shape index (κ2) is 6.25. The Morgan fingerprint density at radius 2 is 1.85 bits per heavy atom. The van der Waals surface area contributed by atoms with Crippen molar-refractivity contribution in [2.24, 2.45) is 0 Å². The van der Waals surface area contributed by atoms with Gasteiger partial charge in [0.1, 0.15) is 5.82 Å². The van der Waals surface area contributed by atoms with Crippen LogP contribution in [0.4, 0.5) is 10.1 Å². The number of para-hydroxylation sites is 1. The van der Waals surface area contributed by atoms with E-state index in [2.05, 4.69) is 5.32 Å². The van der Waals surface area contributed by atoms with Gasteiger partial charge in [0.15, 0.2) is 0 Å². The number of benzene rings is 2.